The molecule has 4 aliphatic carbocycles. The standard InChI is InChI=1S/C30H48O/c1-21(2)8-6-9-22(3)26-13-14-27-25-12-11-24-20-23(10-7-19-31)15-17-29(24,4)28(25)16-18-30(26,27)5/h7,11,21-23,25-28H,6,8-10,12-18,20H2,1-5H3/t22-,23?,25?,26-,27?,28?,29+,30-/m1/s1. The zero-order valence-electron chi connectivity index (χ0n) is 21.1. The lowest BCUT2D eigenvalue weighted by molar-refractivity contribution is -0.0526. The molecule has 0 radical (unpaired) electrons. The molecule has 0 bridgehead atoms. The van der Waals surface area contributed by atoms with Gasteiger partial charge in [-0.15, -0.1) is 0 Å². The van der Waals surface area contributed by atoms with Crippen molar-refractivity contribution in [3.05, 3.63) is 17.7 Å². The predicted octanol–water partition coefficient (Wildman–Crippen LogP) is 8.42. The molecule has 0 heterocycles. The van der Waals surface area contributed by atoms with E-state index in [9.17, 15) is 4.79 Å². The van der Waals surface area contributed by atoms with Gasteiger partial charge in [0.2, 0.25) is 0 Å². The fraction of sp³-hybridized carbons (Fsp3) is 0.867. The molecule has 174 valence electrons. The molecule has 8 atom stereocenters. The first kappa shape index (κ1) is 23.4. The maximum Gasteiger partial charge on any atom is 0.120 e. The van der Waals surface area contributed by atoms with Crippen molar-refractivity contribution in [1.29, 1.82) is 0 Å². The molecular formula is C30H48O. The van der Waals surface area contributed by atoms with E-state index in [2.05, 4.69) is 40.7 Å². The van der Waals surface area contributed by atoms with Crippen LogP contribution in [-0.2, 0) is 4.79 Å². The molecule has 0 amide bonds. The first-order chi connectivity index (χ1) is 14.8. The van der Waals surface area contributed by atoms with Gasteiger partial charge in [0, 0.05) is 6.08 Å². The summed E-state index contributed by atoms with van der Waals surface area (Å²) < 4.78 is 0. The highest BCUT2D eigenvalue weighted by Gasteiger charge is 2.59. The van der Waals surface area contributed by atoms with Gasteiger partial charge in [0.25, 0.3) is 0 Å². The SMILES string of the molecule is CC(C)CCC[C@@H](C)[C@H]1CCC2C3CC=C4CC(CC=C=O)CC[C@]4(C)C3CC[C@@]21C. The normalized spacial score (nSPS) is 42.8. The Morgan fingerprint density at radius 2 is 1.87 bits per heavy atom. The summed E-state index contributed by atoms with van der Waals surface area (Å²) in [4.78, 5) is 10.7. The molecule has 0 aliphatic heterocycles. The Morgan fingerprint density at radius 1 is 1.06 bits per heavy atom. The molecule has 1 heteroatoms. The van der Waals surface area contributed by atoms with Crippen molar-refractivity contribution in [3.8, 4) is 0 Å². The number of rotatable bonds is 7. The maximum absolute atomic E-state index is 10.7. The van der Waals surface area contributed by atoms with E-state index in [4.69, 9.17) is 0 Å². The van der Waals surface area contributed by atoms with E-state index in [1.807, 2.05) is 5.94 Å². The smallest absolute Gasteiger partial charge is 0.120 e. The van der Waals surface area contributed by atoms with Gasteiger partial charge in [0.1, 0.15) is 5.94 Å². The molecular weight excluding hydrogens is 376 g/mol. The van der Waals surface area contributed by atoms with Crippen LogP contribution in [0, 0.1) is 52.3 Å². The van der Waals surface area contributed by atoms with Crippen LogP contribution in [0.1, 0.15) is 112 Å². The van der Waals surface area contributed by atoms with Crippen LogP contribution in [0.5, 0.6) is 0 Å². The fourth-order valence-corrected chi connectivity index (χ4v) is 9.18. The highest BCUT2D eigenvalue weighted by Crippen LogP contribution is 2.67. The topological polar surface area (TPSA) is 17.1 Å². The van der Waals surface area contributed by atoms with E-state index in [0.29, 0.717) is 16.7 Å². The highest BCUT2D eigenvalue weighted by molar-refractivity contribution is 5.44. The van der Waals surface area contributed by atoms with Gasteiger partial charge in [-0.3, -0.25) is 0 Å². The van der Waals surface area contributed by atoms with Crippen molar-refractivity contribution >= 4 is 5.94 Å². The van der Waals surface area contributed by atoms with Crippen LogP contribution in [0.25, 0.3) is 0 Å². The molecule has 31 heavy (non-hydrogen) atoms. The van der Waals surface area contributed by atoms with E-state index < -0.39 is 0 Å². The minimum atomic E-state index is 0.437. The molecule has 0 saturated heterocycles. The summed E-state index contributed by atoms with van der Waals surface area (Å²) in [5, 5.41) is 0. The van der Waals surface area contributed by atoms with Gasteiger partial charge in [0.15, 0.2) is 0 Å². The minimum Gasteiger partial charge on any atom is -0.234 e. The van der Waals surface area contributed by atoms with Crippen LogP contribution in [0.4, 0.5) is 0 Å². The van der Waals surface area contributed by atoms with Crippen molar-refractivity contribution in [3.63, 3.8) is 0 Å². The van der Waals surface area contributed by atoms with Gasteiger partial charge in [-0.05, 0) is 110 Å². The van der Waals surface area contributed by atoms with Gasteiger partial charge < -0.3 is 0 Å². The number of fused-ring (bicyclic) bond motifs is 5. The lowest BCUT2D eigenvalue weighted by Crippen LogP contribution is -2.50. The highest BCUT2D eigenvalue weighted by atomic mass is 16.1. The van der Waals surface area contributed by atoms with Gasteiger partial charge in [-0.25, -0.2) is 4.79 Å². The van der Waals surface area contributed by atoms with E-state index in [-0.39, 0.29) is 0 Å². The summed E-state index contributed by atoms with van der Waals surface area (Å²) in [7, 11) is 0. The summed E-state index contributed by atoms with van der Waals surface area (Å²) in [6, 6.07) is 0. The monoisotopic (exact) mass is 424 g/mol. The van der Waals surface area contributed by atoms with E-state index in [1.54, 1.807) is 11.6 Å². The molecule has 4 aliphatic rings. The van der Waals surface area contributed by atoms with Gasteiger partial charge >= 0.3 is 0 Å². The second kappa shape index (κ2) is 9.21. The summed E-state index contributed by atoms with van der Waals surface area (Å²) in [5.41, 5.74) is 2.78. The number of hydrogen-bond acceptors (Lipinski definition) is 1. The zero-order valence-corrected chi connectivity index (χ0v) is 21.1. The molecule has 4 rings (SSSR count). The molecule has 3 fully saturated rings. The summed E-state index contributed by atoms with van der Waals surface area (Å²) in [6.45, 7) is 12.6. The van der Waals surface area contributed by atoms with Crippen LogP contribution < -0.4 is 0 Å². The van der Waals surface area contributed by atoms with Crippen LogP contribution in [0.3, 0.4) is 0 Å². The second-order valence-electron chi connectivity index (χ2n) is 13.0. The van der Waals surface area contributed by atoms with Gasteiger partial charge in [-0.1, -0.05) is 65.5 Å². The van der Waals surface area contributed by atoms with E-state index in [1.165, 1.54) is 70.6 Å². The number of carbonyl (C=O) groups excluding carboxylic acids is 1. The van der Waals surface area contributed by atoms with Crippen molar-refractivity contribution in [2.75, 3.05) is 0 Å². The Labute approximate surface area is 192 Å². The first-order valence-corrected chi connectivity index (χ1v) is 13.7. The predicted molar refractivity (Wildman–Crippen MR) is 131 cm³/mol. The number of allylic oxidation sites excluding steroid dienone is 3. The number of hydrogen-bond donors (Lipinski definition) is 0. The largest absolute Gasteiger partial charge is 0.234 e. The molecule has 0 spiro atoms. The van der Waals surface area contributed by atoms with Gasteiger partial charge in [-0.2, -0.15) is 0 Å². The fourth-order valence-electron chi connectivity index (χ4n) is 9.18. The molecule has 0 aromatic carbocycles. The third-order valence-corrected chi connectivity index (χ3v) is 10.9. The Kier molecular flexibility index (Phi) is 6.94. The molecule has 3 saturated carbocycles. The Bertz CT molecular complexity index is 712. The van der Waals surface area contributed by atoms with Crippen molar-refractivity contribution < 1.29 is 4.79 Å². The minimum absolute atomic E-state index is 0.437. The zero-order chi connectivity index (χ0) is 22.2. The third-order valence-electron chi connectivity index (χ3n) is 10.9. The Balaban J connectivity index is 1.47. The van der Waals surface area contributed by atoms with Crippen LogP contribution in [0.2, 0.25) is 0 Å². The summed E-state index contributed by atoms with van der Waals surface area (Å²) >= 11 is 0. The average molecular weight is 425 g/mol. The third kappa shape index (κ3) is 4.26. The van der Waals surface area contributed by atoms with Gasteiger partial charge in [0.05, 0.1) is 0 Å². The lowest BCUT2D eigenvalue weighted by atomic mass is 9.46. The maximum atomic E-state index is 10.7. The van der Waals surface area contributed by atoms with E-state index >= 15 is 0 Å². The molecule has 0 aromatic heterocycles. The van der Waals surface area contributed by atoms with Crippen LogP contribution in [0.15, 0.2) is 17.7 Å². The van der Waals surface area contributed by atoms with Crippen molar-refractivity contribution in [2.24, 2.45) is 52.3 Å². The average Bonchev–Trinajstić information content (AvgIpc) is 3.09. The summed E-state index contributed by atoms with van der Waals surface area (Å²) in [6.07, 6.45) is 20.7. The van der Waals surface area contributed by atoms with Crippen molar-refractivity contribution in [2.45, 2.75) is 112 Å². The van der Waals surface area contributed by atoms with Crippen LogP contribution in [-0.4, -0.2) is 5.94 Å². The van der Waals surface area contributed by atoms with E-state index in [0.717, 1.165) is 41.9 Å². The van der Waals surface area contributed by atoms with Crippen molar-refractivity contribution in [1.82, 2.24) is 0 Å². The van der Waals surface area contributed by atoms with Crippen LogP contribution >= 0.6 is 0 Å². The Hall–Kier alpha value is -0.810. The molecule has 0 aromatic rings. The second-order valence-corrected chi connectivity index (χ2v) is 13.0. The Morgan fingerprint density at radius 3 is 2.61 bits per heavy atom. The summed E-state index contributed by atoms with van der Waals surface area (Å²) in [5.74, 6) is 8.17. The molecule has 4 unspecified atom stereocenters. The lowest BCUT2D eigenvalue weighted by Gasteiger charge is -2.58. The molecule has 1 nitrogen and oxygen atoms in total. The quantitative estimate of drug-likeness (QED) is 0.296. The molecule has 0 N–H and O–H groups in total. The first-order valence-electron chi connectivity index (χ1n) is 13.7.